The Hall–Kier alpha value is -2.35. The van der Waals surface area contributed by atoms with E-state index in [1.165, 1.54) is 31.9 Å². The van der Waals surface area contributed by atoms with Crippen LogP contribution in [0.25, 0.3) is 10.8 Å². The molecule has 0 aliphatic rings. The second kappa shape index (κ2) is 8.57. The molecule has 1 N–H and O–H groups in total. The van der Waals surface area contributed by atoms with Crippen molar-refractivity contribution in [1.29, 1.82) is 0 Å². The quantitative estimate of drug-likeness (QED) is 0.586. The normalized spacial score (nSPS) is 12.9. The van der Waals surface area contributed by atoms with Crippen molar-refractivity contribution < 1.29 is 13.2 Å². The van der Waals surface area contributed by atoms with Crippen molar-refractivity contribution >= 4 is 44.2 Å². The number of nitrogens with zero attached hydrogens (tertiary/aromatic N) is 1. The number of rotatable bonds is 6. The SMILES string of the molecule is Cc1ccc(S(=O)(=O)N(C)C)cc1NC(=O)[C@H](C)Sc1ccc2ccccc2c1. The van der Waals surface area contributed by atoms with Crippen LogP contribution in [-0.4, -0.2) is 38.0 Å². The molecule has 152 valence electrons. The van der Waals surface area contributed by atoms with Crippen LogP contribution in [0.1, 0.15) is 12.5 Å². The Labute approximate surface area is 176 Å². The summed E-state index contributed by atoms with van der Waals surface area (Å²) in [5.41, 5.74) is 1.31. The van der Waals surface area contributed by atoms with Gasteiger partial charge in [0.05, 0.1) is 10.1 Å². The minimum Gasteiger partial charge on any atom is -0.325 e. The number of hydrogen-bond acceptors (Lipinski definition) is 4. The fourth-order valence-corrected chi connectivity index (χ4v) is 4.68. The molecule has 1 amide bonds. The van der Waals surface area contributed by atoms with Crippen molar-refractivity contribution in [3.63, 3.8) is 0 Å². The Kier molecular flexibility index (Phi) is 6.31. The number of benzene rings is 3. The maximum absolute atomic E-state index is 12.7. The lowest BCUT2D eigenvalue weighted by molar-refractivity contribution is -0.115. The molecular weight excluding hydrogens is 404 g/mol. The van der Waals surface area contributed by atoms with Gasteiger partial charge in [0.15, 0.2) is 0 Å². The molecule has 3 rings (SSSR count). The first-order valence-electron chi connectivity index (χ1n) is 9.18. The second-order valence-corrected chi connectivity index (χ2v) is 10.6. The van der Waals surface area contributed by atoms with Crippen LogP contribution in [0.4, 0.5) is 5.69 Å². The van der Waals surface area contributed by atoms with E-state index in [9.17, 15) is 13.2 Å². The molecule has 0 fully saturated rings. The Morgan fingerprint density at radius 3 is 2.38 bits per heavy atom. The van der Waals surface area contributed by atoms with Gasteiger partial charge in [-0.15, -0.1) is 11.8 Å². The number of aryl methyl sites for hydroxylation is 1. The van der Waals surface area contributed by atoms with Crippen molar-refractivity contribution in [2.75, 3.05) is 19.4 Å². The fourth-order valence-electron chi connectivity index (χ4n) is 2.84. The second-order valence-electron chi connectivity index (χ2n) is 7.02. The molecule has 0 heterocycles. The number of carbonyl (C=O) groups is 1. The third-order valence-corrected chi connectivity index (χ3v) is 7.55. The van der Waals surface area contributed by atoms with Crippen molar-refractivity contribution in [1.82, 2.24) is 4.31 Å². The molecule has 0 unspecified atom stereocenters. The van der Waals surface area contributed by atoms with E-state index in [0.717, 1.165) is 25.5 Å². The van der Waals surface area contributed by atoms with E-state index >= 15 is 0 Å². The monoisotopic (exact) mass is 428 g/mol. The molecule has 5 nitrogen and oxygen atoms in total. The Bertz CT molecular complexity index is 1160. The highest BCUT2D eigenvalue weighted by molar-refractivity contribution is 8.00. The number of sulfonamides is 1. The number of nitrogens with one attached hydrogen (secondary N) is 1. The van der Waals surface area contributed by atoms with E-state index in [2.05, 4.69) is 17.4 Å². The Balaban J connectivity index is 1.76. The van der Waals surface area contributed by atoms with Gasteiger partial charge in [0.25, 0.3) is 0 Å². The largest absolute Gasteiger partial charge is 0.325 e. The van der Waals surface area contributed by atoms with Gasteiger partial charge in [-0.05, 0) is 54.4 Å². The van der Waals surface area contributed by atoms with Crippen LogP contribution in [0.5, 0.6) is 0 Å². The van der Waals surface area contributed by atoms with Gasteiger partial charge in [-0.1, -0.05) is 36.4 Å². The standard InChI is InChI=1S/C22H24N2O3S2/c1-15-9-12-20(29(26,27)24(3)4)14-21(15)23-22(25)16(2)28-19-11-10-17-7-5-6-8-18(17)13-19/h5-14,16H,1-4H3,(H,23,25)/t16-/m0/s1. The average molecular weight is 429 g/mol. The van der Waals surface area contributed by atoms with Crippen LogP contribution >= 0.6 is 11.8 Å². The first kappa shape index (κ1) is 21.4. The smallest absolute Gasteiger partial charge is 0.242 e. The topological polar surface area (TPSA) is 66.5 Å². The van der Waals surface area contributed by atoms with Gasteiger partial charge in [0.1, 0.15) is 0 Å². The maximum atomic E-state index is 12.7. The number of hydrogen-bond donors (Lipinski definition) is 1. The molecule has 3 aromatic carbocycles. The van der Waals surface area contributed by atoms with Crippen LogP contribution in [-0.2, 0) is 14.8 Å². The number of fused-ring (bicyclic) bond motifs is 1. The summed E-state index contributed by atoms with van der Waals surface area (Å²) in [5.74, 6) is -0.175. The molecule has 0 radical (unpaired) electrons. The lowest BCUT2D eigenvalue weighted by Gasteiger charge is -2.16. The molecule has 0 aliphatic heterocycles. The van der Waals surface area contributed by atoms with Gasteiger partial charge in [0, 0.05) is 24.7 Å². The summed E-state index contributed by atoms with van der Waals surface area (Å²) in [4.78, 5) is 13.9. The molecule has 0 aromatic heterocycles. The number of thioether (sulfide) groups is 1. The van der Waals surface area contributed by atoms with E-state index in [1.54, 1.807) is 12.1 Å². The van der Waals surface area contributed by atoms with Gasteiger partial charge in [-0.3, -0.25) is 4.79 Å². The molecule has 0 bridgehead atoms. The average Bonchev–Trinajstić information content (AvgIpc) is 2.69. The van der Waals surface area contributed by atoms with Gasteiger partial charge in [-0.25, -0.2) is 12.7 Å². The molecule has 29 heavy (non-hydrogen) atoms. The molecule has 3 aromatic rings. The zero-order valence-corrected chi connectivity index (χ0v) is 18.5. The third kappa shape index (κ3) is 4.80. The lowest BCUT2D eigenvalue weighted by Crippen LogP contribution is -2.24. The highest BCUT2D eigenvalue weighted by Gasteiger charge is 2.20. The Morgan fingerprint density at radius 1 is 1.00 bits per heavy atom. The van der Waals surface area contributed by atoms with Crippen LogP contribution in [0.15, 0.2) is 70.5 Å². The lowest BCUT2D eigenvalue weighted by atomic mass is 10.1. The van der Waals surface area contributed by atoms with Gasteiger partial charge >= 0.3 is 0 Å². The highest BCUT2D eigenvalue weighted by atomic mass is 32.2. The molecule has 7 heteroatoms. The third-order valence-electron chi connectivity index (χ3n) is 4.65. The molecule has 1 atom stereocenters. The van der Waals surface area contributed by atoms with E-state index in [0.29, 0.717) is 5.69 Å². The zero-order valence-electron chi connectivity index (χ0n) is 16.8. The number of carbonyl (C=O) groups excluding carboxylic acids is 1. The summed E-state index contributed by atoms with van der Waals surface area (Å²) in [6.07, 6.45) is 0. The van der Waals surface area contributed by atoms with E-state index in [4.69, 9.17) is 0 Å². The Morgan fingerprint density at radius 2 is 1.69 bits per heavy atom. The predicted molar refractivity (Wildman–Crippen MR) is 120 cm³/mol. The molecule has 0 spiro atoms. The first-order valence-corrected chi connectivity index (χ1v) is 11.5. The first-order chi connectivity index (χ1) is 13.7. The van der Waals surface area contributed by atoms with Crippen molar-refractivity contribution in [3.8, 4) is 0 Å². The molecule has 0 aliphatic carbocycles. The molecule has 0 saturated carbocycles. The maximum Gasteiger partial charge on any atom is 0.242 e. The van der Waals surface area contributed by atoms with E-state index < -0.39 is 10.0 Å². The molecule has 0 saturated heterocycles. The fraction of sp³-hybridized carbons (Fsp3) is 0.227. The summed E-state index contributed by atoms with van der Waals surface area (Å²) in [6, 6.07) is 19.0. The number of anilines is 1. The van der Waals surface area contributed by atoms with E-state index in [-0.39, 0.29) is 16.1 Å². The van der Waals surface area contributed by atoms with Gasteiger partial charge in [0.2, 0.25) is 15.9 Å². The van der Waals surface area contributed by atoms with Crippen molar-refractivity contribution in [2.45, 2.75) is 28.9 Å². The van der Waals surface area contributed by atoms with Crippen molar-refractivity contribution in [2.24, 2.45) is 0 Å². The van der Waals surface area contributed by atoms with Crippen LogP contribution < -0.4 is 5.32 Å². The van der Waals surface area contributed by atoms with Crippen LogP contribution in [0.3, 0.4) is 0 Å². The summed E-state index contributed by atoms with van der Waals surface area (Å²) in [7, 11) is -0.601. The molecular formula is C22H24N2O3S2. The summed E-state index contributed by atoms with van der Waals surface area (Å²) < 4.78 is 25.9. The highest BCUT2D eigenvalue weighted by Crippen LogP contribution is 2.28. The van der Waals surface area contributed by atoms with Crippen LogP contribution in [0.2, 0.25) is 0 Å². The van der Waals surface area contributed by atoms with Gasteiger partial charge < -0.3 is 5.32 Å². The van der Waals surface area contributed by atoms with Crippen LogP contribution in [0, 0.1) is 6.92 Å². The van der Waals surface area contributed by atoms with Crippen molar-refractivity contribution in [3.05, 3.63) is 66.2 Å². The minimum absolute atomic E-state index is 0.151. The summed E-state index contributed by atoms with van der Waals surface area (Å²) in [5, 5.41) is 4.82. The zero-order chi connectivity index (χ0) is 21.2. The number of amides is 1. The predicted octanol–water partition coefficient (Wildman–Crippen LogP) is 4.52. The van der Waals surface area contributed by atoms with Gasteiger partial charge in [-0.2, -0.15) is 0 Å². The summed E-state index contributed by atoms with van der Waals surface area (Å²) >= 11 is 1.47. The van der Waals surface area contributed by atoms with E-state index in [1.807, 2.05) is 44.2 Å². The summed E-state index contributed by atoms with van der Waals surface area (Å²) in [6.45, 7) is 3.67. The minimum atomic E-state index is -3.56.